The molecule has 0 radical (unpaired) electrons. The van der Waals surface area contributed by atoms with E-state index in [9.17, 15) is 0 Å². The molecule has 2 aromatic carbocycles. The fraction of sp³-hybridized carbons (Fsp3) is 0.0769. The molecule has 6 N–H and O–H groups in total. The quantitative estimate of drug-likeness (QED) is 0.690. The first-order valence-corrected chi connectivity index (χ1v) is 5.25. The minimum atomic E-state index is 0.515. The van der Waals surface area contributed by atoms with E-state index in [1.165, 1.54) is 0 Å². The van der Waals surface area contributed by atoms with Gasteiger partial charge in [-0.2, -0.15) is 0 Å². The van der Waals surface area contributed by atoms with Crippen LogP contribution < -0.4 is 21.9 Å². The largest absolute Gasteiger partial charge is 0.455 e. The smallest absolute Gasteiger partial charge is 0.150 e. The zero-order valence-electron chi connectivity index (χ0n) is 9.60. The minimum Gasteiger partial charge on any atom is -0.455 e. The molecule has 4 heteroatoms. The van der Waals surface area contributed by atoms with E-state index in [1.54, 1.807) is 24.3 Å². The first kappa shape index (κ1) is 11.1. The van der Waals surface area contributed by atoms with Gasteiger partial charge in [-0.15, -0.1) is 0 Å². The molecule has 0 atom stereocenters. The zero-order chi connectivity index (χ0) is 12.4. The molecule has 88 valence electrons. The Bertz CT molecular complexity index is 503. The van der Waals surface area contributed by atoms with Crippen LogP contribution in [0.3, 0.4) is 0 Å². The summed E-state index contributed by atoms with van der Waals surface area (Å²) in [6.07, 6.45) is 0. The third kappa shape index (κ3) is 2.42. The molecular formula is C13H15N3O. The number of hydrogen-bond donors (Lipinski definition) is 3. The summed E-state index contributed by atoms with van der Waals surface area (Å²) in [6, 6.07) is 10.6. The summed E-state index contributed by atoms with van der Waals surface area (Å²) < 4.78 is 5.71. The van der Waals surface area contributed by atoms with Crippen molar-refractivity contribution in [2.24, 2.45) is 0 Å². The molecule has 0 aliphatic carbocycles. The van der Waals surface area contributed by atoms with E-state index < -0.39 is 0 Å². The molecule has 0 spiro atoms. The van der Waals surface area contributed by atoms with Gasteiger partial charge in [-0.1, -0.05) is 0 Å². The van der Waals surface area contributed by atoms with Crippen molar-refractivity contribution in [3.05, 3.63) is 42.0 Å². The SMILES string of the molecule is Cc1cc(N)ccc1Oc1ccc(N)cc1N. The Kier molecular flexibility index (Phi) is 2.78. The average Bonchev–Trinajstić information content (AvgIpc) is 2.25. The molecule has 2 rings (SSSR count). The first-order valence-electron chi connectivity index (χ1n) is 5.25. The van der Waals surface area contributed by atoms with Crippen molar-refractivity contribution in [3.63, 3.8) is 0 Å². The van der Waals surface area contributed by atoms with Gasteiger partial charge in [0.25, 0.3) is 0 Å². The van der Waals surface area contributed by atoms with Crippen LogP contribution in [0.1, 0.15) is 5.56 Å². The Morgan fingerprint density at radius 2 is 1.41 bits per heavy atom. The third-order valence-electron chi connectivity index (χ3n) is 2.45. The molecule has 0 saturated carbocycles. The highest BCUT2D eigenvalue weighted by atomic mass is 16.5. The predicted molar refractivity (Wildman–Crippen MR) is 70.9 cm³/mol. The van der Waals surface area contributed by atoms with Gasteiger partial charge in [0.1, 0.15) is 11.5 Å². The number of rotatable bonds is 2. The first-order chi connectivity index (χ1) is 8.06. The summed E-state index contributed by atoms with van der Waals surface area (Å²) in [6.45, 7) is 1.93. The topological polar surface area (TPSA) is 87.3 Å². The van der Waals surface area contributed by atoms with Gasteiger partial charge in [-0.3, -0.25) is 0 Å². The fourth-order valence-corrected chi connectivity index (χ4v) is 1.57. The Labute approximate surface area is 100.0 Å². The highest BCUT2D eigenvalue weighted by Crippen LogP contribution is 2.31. The summed E-state index contributed by atoms with van der Waals surface area (Å²) >= 11 is 0. The van der Waals surface area contributed by atoms with E-state index >= 15 is 0 Å². The van der Waals surface area contributed by atoms with Gasteiger partial charge >= 0.3 is 0 Å². The van der Waals surface area contributed by atoms with Crippen molar-refractivity contribution < 1.29 is 4.74 Å². The van der Waals surface area contributed by atoms with Gasteiger partial charge in [-0.05, 0) is 48.9 Å². The molecule has 2 aromatic rings. The lowest BCUT2D eigenvalue weighted by Gasteiger charge is -2.11. The van der Waals surface area contributed by atoms with Crippen molar-refractivity contribution in [2.45, 2.75) is 6.92 Å². The Hall–Kier alpha value is -2.36. The Balaban J connectivity index is 2.31. The van der Waals surface area contributed by atoms with Crippen molar-refractivity contribution in [2.75, 3.05) is 17.2 Å². The van der Waals surface area contributed by atoms with Crippen LogP contribution in [0.5, 0.6) is 11.5 Å². The number of benzene rings is 2. The van der Waals surface area contributed by atoms with E-state index in [2.05, 4.69) is 0 Å². The molecule has 0 aromatic heterocycles. The normalized spacial score (nSPS) is 10.2. The number of ether oxygens (including phenoxy) is 1. The summed E-state index contributed by atoms with van der Waals surface area (Å²) in [4.78, 5) is 0. The van der Waals surface area contributed by atoms with E-state index in [1.807, 2.05) is 19.1 Å². The van der Waals surface area contributed by atoms with Gasteiger partial charge in [-0.25, -0.2) is 0 Å². The van der Waals surface area contributed by atoms with Crippen LogP contribution in [-0.2, 0) is 0 Å². The maximum atomic E-state index is 5.82. The van der Waals surface area contributed by atoms with Gasteiger partial charge in [0, 0.05) is 11.4 Å². The number of anilines is 3. The van der Waals surface area contributed by atoms with E-state index in [4.69, 9.17) is 21.9 Å². The highest BCUT2D eigenvalue weighted by Gasteiger charge is 2.05. The molecule has 0 aliphatic heterocycles. The lowest BCUT2D eigenvalue weighted by molar-refractivity contribution is 0.481. The molecule has 0 aliphatic rings. The molecule has 4 nitrogen and oxygen atoms in total. The standard InChI is InChI=1S/C13H15N3O/c1-8-6-9(14)2-4-12(8)17-13-5-3-10(15)7-11(13)16/h2-7H,14-16H2,1H3. The second kappa shape index (κ2) is 4.25. The highest BCUT2D eigenvalue weighted by molar-refractivity contribution is 5.62. The van der Waals surface area contributed by atoms with Gasteiger partial charge in [0.05, 0.1) is 5.69 Å². The van der Waals surface area contributed by atoms with Crippen molar-refractivity contribution >= 4 is 17.1 Å². The lowest BCUT2D eigenvalue weighted by Crippen LogP contribution is -1.96. The second-order valence-electron chi connectivity index (χ2n) is 3.92. The van der Waals surface area contributed by atoms with Crippen LogP contribution in [-0.4, -0.2) is 0 Å². The molecular weight excluding hydrogens is 214 g/mol. The molecule has 0 saturated heterocycles. The maximum Gasteiger partial charge on any atom is 0.150 e. The Morgan fingerprint density at radius 3 is 2.00 bits per heavy atom. The van der Waals surface area contributed by atoms with E-state index in [-0.39, 0.29) is 0 Å². The molecule has 0 amide bonds. The molecule has 0 bridgehead atoms. The van der Waals surface area contributed by atoms with Crippen LogP contribution in [0.25, 0.3) is 0 Å². The van der Waals surface area contributed by atoms with Crippen molar-refractivity contribution in [3.8, 4) is 11.5 Å². The molecule has 0 unspecified atom stereocenters. The molecule has 0 fully saturated rings. The van der Waals surface area contributed by atoms with Crippen LogP contribution in [0.2, 0.25) is 0 Å². The minimum absolute atomic E-state index is 0.515. The van der Waals surface area contributed by atoms with Crippen LogP contribution in [0.4, 0.5) is 17.1 Å². The van der Waals surface area contributed by atoms with Gasteiger partial charge in [0.15, 0.2) is 0 Å². The number of nitrogen functional groups attached to an aromatic ring is 3. The van der Waals surface area contributed by atoms with Gasteiger partial charge < -0.3 is 21.9 Å². The van der Waals surface area contributed by atoms with Crippen LogP contribution >= 0.6 is 0 Å². The summed E-state index contributed by atoms with van der Waals surface area (Å²) in [7, 11) is 0. The van der Waals surface area contributed by atoms with Gasteiger partial charge in [0.2, 0.25) is 0 Å². The second-order valence-corrected chi connectivity index (χ2v) is 3.92. The van der Waals surface area contributed by atoms with Crippen molar-refractivity contribution in [1.29, 1.82) is 0 Å². The van der Waals surface area contributed by atoms with Crippen LogP contribution in [0.15, 0.2) is 36.4 Å². The van der Waals surface area contributed by atoms with Crippen LogP contribution in [0, 0.1) is 6.92 Å². The summed E-state index contributed by atoms with van der Waals surface area (Å²) in [5.74, 6) is 1.32. The van der Waals surface area contributed by atoms with E-state index in [0.29, 0.717) is 22.8 Å². The number of nitrogens with two attached hydrogens (primary N) is 3. The van der Waals surface area contributed by atoms with Crippen molar-refractivity contribution in [1.82, 2.24) is 0 Å². The fourth-order valence-electron chi connectivity index (χ4n) is 1.57. The van der Waals surface area contributed by atoms with E-state index in [0.717, 1.165) is 11.3 Å². The summed E-state index contributed by atoms with van der Waals surface area (Å²) in [5, 5.41) is 0. The maximum absolute atomic E-state index is 5.82. The average molecular weight is 229 g/mol. The number of hydrogen-bond acceptors (Lipinski definition) is 4. The lowest BCUT2D eigenvalue weighted by atomic mass is 10.2. The zero-order valence-corrected chi connectivity index (χ0v) is 9.60. The molecule has 17 heavy (non-hydrogen) atoms. The Morgan fingerprint density at radius 1 is 0.824 bits per heavy atom. The predicted octanol–water partition coefficient (Wildman–Crippen LogP) is 2.53. The molecule has 0 heterocycles. The summed E-state index contributed by atoms with van der Waals surface area (Å²) in [5.41, 5.74) is 19.9. The monoisotopic (exact) mass is 229 g/mol. The third-order valence-corrected chi connectivity index (χ3v) is 2.45. The number of aryl methyl sites for hydroxylation is 1.